The van der Waals surface area contributed by atoms with Gasteiger partial charge in [0, 0.05) is 18.7 Å². The topological polar surface area (TPSA) is 68.2 Å². The Balaban J connectivity index is 2.21. The van der Waals surface area contributed by atoms with E-state index in [2.05, 4.69) is 10.1 Å². The van der Waals surface area contributed by atoms with Crippen molar-refractivity contribution in [1.82, 2.24) is 15.0 Å². The molecule has 0 aliphatic heterocycles. The molecule has 2 aromatic rings. The van der Waals surface area contributed by atoms with Crippen LogP contribution in [0.25, 0.3) is 11.5 Å². The van der Waals surface area contributed by atoms with E-state index in [0.29, 0.717) is 17.9 Å². The number of benzene rings is 1. The van der Waals surface area contributed by atoms with Gasteiger partial charge in [-0.05, 0) is 32.3 Å². The number of anilines is 1. The fourth-order valence-corrected chi connectivity index (χ4v) is 1.50. The van der Waals surface area contributed by atoms with Gasteiger partial charge in [0.1, 0.15) is 5.82 Å². The number of halogens is 1. The molecule has 0 bridgehead atoms. The Labute approximate surface area is 104 Å². The van der Waals surface area contributed by atoms with Crippen LogP contribution < -0.4 is 5.73 Å². The molecule has 5 nitrogen and oxygen atoms in total. The largest absolute Gasteiger partial charge is 0.399 e. The van der Waals surface area contributed by atoms with Gasteiger partial charge in [-0.3, -0.25) is 0 Å². The third-order valence-corrected chi connectivity index (χ3v) is 2.47. The molecule has 18 heavy (non-hydrogen) atoms. The normalized spacial score (nSPS) is 11.1. The predicted molar refractivity (Wildman–Crippen MR) is 66.4 cm³/mol. The summed E-state index contributed by atoms with van der Waals surface area (Å²) in [6.07, 6.45) is 0.653. The minimum atomic E-state index is -0.424. The lowest BCUT2D eigenvalue weighted by Gasteiger charge is -2.05. The molecule has 96 valence electrons. The first-order valence-corrected chi connectivity index (χ1v) is 5.59. The summed E-state index contributed by atoms with van der Waals surface area (Å²) in [5, 5.41) is 3.82. The molecule has 2 N–H and O–H groups in total. The van der Waals surface area contributed by atoms with Crippen LogP contribution in [0.1, 0.15) is 5.82 Å². The SMILES string of the molecule is CN(C)CCc1noc(-c2cc(N)ccc2F)n1. The molecule has 1 aromatic carbocycles. The van der Waals surface area contributed by atoms with Crippen LogP contribution in [0.3, 0.4) is 0 Å². The Morgan fingerprint density at radius 3 is 2.89 bits per heavy atom. The second-order valence-corrected chi connectivity index (χ2v) is 4.31. The quantitative estimate of drug-likeness (QED) is 0.834. The van der Waals surface area contributed by atoms with Crippen LogP contribution in [0, 0.1) is 5.82 Å². The highest BCUT2D eigenvalue weighted by molar-refractivity contribution is 5.60. The van der Waals surface area contributed by atoms with Crippen molar-refractivity contribution < 1.29 is 8.91 Å². The van der Waals surface area contributed by atoms with Gasteiger partial charge in [-0.2, -0.15) is 4.98 Å². The smallest absolute Gasteiger partial charge is 0.260 e. The van der Waals surface area contributed by atoms with Crippen molar-refractivity contribution >= 4 is 5.69 Å². The van der Waals surface area contributed by atoms with E-state index in [1.807, 2.05) is 19.0 Å². The monoisotopic (exact) mass is 250 g/mol. The van der Waals surface area contributed by atoms with Gasteiger partial charge < -0.3 is 15.2 Å². The van der Waals surface area contributed by atoms with Crippen molar-refractivity contribution in [1.29, 1.82) is 0 Å². The zero-order valence-electron chi connectivity index (χ0n) is 10.4. The fraction of sp³-hybridized carbons (Fsp3) is 0.333. The Hall–Kier alpha value is -1.95. The van der Waals surface area contributed by atoms with Gasteiger partial charge in [0.05, 0.1) is 5.56 Å². The van der Waals surface area contributed by atoms with E-state index in [-0.39, 0.29) is 11.5 Å². The number of nitrogens with zero attached hydrogens (tertiary/aromatic N) is 3. The highest BCUT2D eigenvalue weighted by Crippen LogP contribution is 2.23. The van der Waals surface area contributed by atoms with Gasteiger partial charge in [0.2, 0.25) is 0 Å². The molecule has 2 rings (SSSR count). The van der Waals surface area contributed by atoms with Gasteiger partial charge in [-0.15, -0.1) is 0 Å². The summed E-state index contributed by atoms with van der Waals surface area (Å²) >= 11 is 0. The zero-order chi connectivity index (χ0) is 13.1. The van der Waals surface area contributed by atoms with Gasteiger partial charge in [0.15, 0.2) is 5.82 Å². The Morgan fingerprint density at radius 1 is 1.39 bits per heavy atom. The maximum Gasteiger partial charge on any atom is 0.260 e. The predicted octanol–water partition coefficient (Wildman–Crippen LogP) is 1.56. The third-order valence-electron chi connectivity index (χ3n) is 2.47. The van der Waals surface area contributed by atoms with Crippen LogP contribution in [-0.4, -0.2) is 35.7 Å². The molecule has 0 unspecified atom stereocenters. The first kappa shape index (κ1) is 12.5. The molecular weight excluding hydrogens is 235 g/mol. The Bertz CT molecular complexity index is 539. The number of nitrogens with two attached hydrogens (primary N) is 1. The number of likely N-dealkylation sites (N-methyl/N-ethyl adjacent to an activating group) is 1. The molecule has 1 aromatic heterocycles. The molecule has 1 heterocycles. The lowest BCUT2D eigenvalue weighted by atomic mass is 10.2. The highest BCUT2D eigenvalue weighted by Gasteiger charge is 2.13. The van der Waals surface area contributed by atoms with Crippen molar-refractivity contribution in [3.63, 3.8) is 0 Å². The molecule has 0 saturated carbocycles. The maximum atomic E-state index is 13.6. The molecule has 0 fully saturated rings. The van der Waals surface area contributed by atoms with Crippen LogP contribution in [0.2, 0.25) is 0 Å². The van der Waals surface area contributed by atoms with Crippen molar-refractivity contribution in [2.75, 3.05) is 26.4 Å². The van der Waals surface area contributed by atoms with Crippen molar-refractivity contribution in [3.8, 4) is 11.5 Å². The van der Waals surface area contributed by atoms with E-state index in [1.54, 1.807) is 0 Å². The highest BCUT2D eigenvalue weighted by atomic mass is 19.1. The van der Waals surface area contributed by atoms with Crippen molar-refractivity contribution in [3.05, 3.63) is 29.8 Å². The molecule has 0 spiro atoms. The van der Waals surface area contributed by atoms with E-state index < -0.39 is 5.82 Å². The summed E-state index contributed by atoms with van der Waals surface area (Å²) in [6, 6.07) is 4.26. The summed E-state index contributed by atoms with van der Waals surface area (Å²) in [5.74, 6) is 0.293. The Kier molecular flexibility index (Phi) is 3.57. The standard InChI is InChI=1S/C12H15FN4O/c1-17(2)6-5-11-15-12(18-16-11)9-7-8(14)3-4-10(9)13/h3-4,7H,5-6,14H2,1-2H3. The minimum Gasteiger partial charge on any atom is -0.399 e. The second kappa shape index (κ2) is 5.14. The molecular formula is C12H15FN4O. The summed E-state index contributed by atoms with van der Waals surface area (Å²) < 4.78 is 18.6. The number of rotatable bonds is 4. The molecule has 0 radical (unpaired) electrons. The van der Waals surface area contributed by atoms with Crippen molar-refractivity contribution in [2.24, 2.45) is 0 Å². The first-order chi connectivity index (χ1) is 8.56. The van der Waals surface area contributed by atoms with E-state index >= 15 is 0 Å². The average molecular weight is 250 g/mol. The molecule has 0 aliphatic rings. The van der Waals surface area contributed by atoms with E-state index in [9.17, 15) is 4.39 Å². The van der Waals surface area contributed by atoms with Gasteiger partial charge in [-0.25, -0.2) is 4.39 Å². The molecule has 0 atom stereocenters. The number of hydrogen-bond acceptors (Lipinski definition) is 5. The fourth-order valence-electron chi connectivity index (χ4n) is 1.50. The average Bonchev–Trinajstić information content (AvgIpc) is 2.78. The first-order valence-electron chi connectivity index (χ1n) is 5.59. The number of nitrogen functional groups attached to an aromatic ring is 1. The third kappa shape index (κ3) is 2.84. The summed E-state index contributed by atoms with van der Waals surface area (Å²) in [6.45, 7) is 0.804. The van der Waals surface area contributed by atoms with Crippen LogP contribution in [0.5, 0.6) is 0 Å². The molecule has 0 saturated heterocycles. The minimum absolute atomic E-state index is 0.161. The van der Waals surface area contributed by atoms with E-state index in [4.69, 9.17) is 10.3 Å². The lowest BCUT2D eigenvalue weighted by Crippen LogP contribution is -2.15. The van der Waals surface area contributed by atoms with Crippen LogP contribution in [-0.2, 0) is 6.42 Å². The lowest BCUT2D eigenvalue weighted by molar-refractivity contribution is 0.392. The van der Waals surface area contributed by atoms with Gasteiger partial charge in [0.25, 0.3) is 5.89 Å². The second-order valence-electron chi connectivity index (χ2n) is 4.31. The van der Waals surface area contributed by atoms with Gasteiger partial charge >= 0.3 is 0 Å². The Morgan fingerprint density at radius 2 is 2.17 bits per heavy atom. The van der Waals surface area contributed by atoms with Gasteiger partial charge in [-0.1, -0.05) is 5.16 Å². The molecule has 0 aliphatic carbocycles. The number of hydrogen-bond donors (Lipinski definition) is 1. The summed E-state index contributed by atoms with van der Waals surface area (Å²) in [7, 11) is 3.91. The summed E-state index contributed by atoms with van der Waals surface area (Å²) in [5.41, 5.74) is 6.30. The molecule has 6 heteroatoms. The van der Waals surface area contributed by atoms with Crippen LogP contribution in [0.4, 0.5) is 10.1 Å². The maximum absolute atomic E-state index is 13.6. The summed E-state index contributed by atoms with van der Waals surface area (Å²) in [4.78, 5) is 6.17. The zero-order valence-corrected chi connectivity index (χ0v) is 10.4. The van der Waals surface area contributed by atoms with Crippen molar-refractivity contribution in [2.45, 2.75) is 6.42 Å². The van der Waals surface area contributed by atoms with Crippen LogP contribution in [0.15, 0.2) is 22.7 Å². The van der Waals surface area contributed by atoms with E-state index in [1.165, 1.54) is 18.2 Å². The molecule has 0 amide bonds. The number of aromatic nitrogens is 2. The van der Waals surface area contributed by atoms with E-state index in [0.717, 1.165) is 6.54 Å². The van der Waals surface area contributed by atoms with Crippen LogP contribution >= 0.6 is 0 Å².